The zero-order chi connectivity index (χ0) is 17.3. The van der Waals surface area contributed by atoms with E-state index in [-0.39, 0.29) is 24.2 Å². The summed E-state index contributed by atoms with van der Waals surface area (Å²) in [7, 11) is 0. The monoisotopic (exact) mass is 322 g/mol. The van der Waals surface area contributed by atoms with Crippen molar-refractivity contribution < 1.29 is 9.59 Å². The lowest BCUT2D eigenvalue weighted by Gasteiger charge is -2.18. The van der Waals surface area contributed by atoms with Crippen LogP contribution in [-0.2, 0) is 9.59 Å². The van der Waals surface area contributed by atoms with Gasteiger partial charge in [-0.25, -0.2) is 0 Å². The van der Waals surface area contributed by atoms with Gasteiger partial charge in [-0.3, -0.25) is 9.59 Å². The van der Waals surface area contributed by atoms with Crippen LogP contribution in [0.1, 0.15) is 23.1 Å². The lowest BCUT2D eigenvalue weighted by molar-refractivity contribution is -0.122. The Morgan fingerprint density at radius 1 is 1.04 bits per heavy atom. The van der Waals surface area contributed by atoms with Crippen molar-refractivity contribution in [3.63, 3.8) is 0 Å². The van der Waals surface area contributed by atoms with E-state index in [9.17, 15) is 9.59 Å². The molecule has 1 atom stereocenters. The first-order valence-electron chi connectivity index (χ1n) is 8.19. The first-order chi connectivity index (χ1) is 11.4. The minimum absolute atomic E-state index is 0.00214. The van der Waals surface area contributed by atoms with Crippen molar-refractivity contribution in [2.75, 3.05) is 16.8 Å². The first-order valence-corrected chi connectivity index (χ1v) is 8.19. The molecule has 0 bridgehead atoms. The fourth-order valence-corrected chi connectivity index (χ4v) is 2.91. The fraction of sp³-hybridized carbons (Fsp3) is 0.300. The highest BCUT2D eigenvalue weighted by Crippen LogP contribution is 2.27. The van der Waals surface area contributed by atoms with Crippen molar-refractivity contribution in [3.8, 4) is 0 Å². The average molecular weight is 322 g/mol. The van der Waals surface area contributed by atoms with E-state index >= 15 is 0 Å². The second kappa shape index (κ2) is 6.48. The van der Waals surface area contributed by atoms with Gasteiger partial charge in [0.25, 0.3) is 0 Å². The predicted molar refractivity (Wildman–Crippen MR) is 96.2 cm³/mol. The molecular weight excluding hydrogens is 300 g/mol. The van der Waals surface area contributed by atoms with E-state index in [4.69, 9.17) is 0 Å². The quantitative estimate of drug-likeness (QED) is 0.938. The number of nitrogens with one attached hydrogen (secondary N) is 1. The van der Waals surface area contributed by atoms with Crippen LogP contribution in [0.4, 0.5) is 11.4 Å². The van der Waals surface area contributed by atoms with E-state index in [1.54, 1.807) is 4.90 Å². The summed E-state index contributed by atoms with van der Waals surface area (Å²) in [6, 6.07) is 13.6. The summed E-state index contributed by atoms with van der Waals surface area (Å²) >= 11 is 0. The summed E-state index contributed by atoms with van der Waals surface area (Å²) in [5.41, 5.74) is 5.12. The largest absolute Gasteiger partial charge is 0.326 e. The maximum Gasteiger partial charge on any atom is 0.229 e. The normalized spacial score (nSPS) is 17.2. The van der Waals surface area contributed by atoms with Crippen LogP contribution in [0.2, 0.25) is 0 Å². The van der Waals surface area contributed by atoms with Gasteiger partial charge in [0, 0.05) is 24.3 Å². The number of aryl methyl sites for hydroxylation is 3. The van der Waals surface area contributed by atoms with E-state index < -0.39 is 0 Å². The van der Waals surface area contributed by atoms with Crippen LogP contribution in [0.5, 0.6) is 0 Å². The second-order valence-electron chi connectivity index (χ2n) is 6.53. The molecule has 1 heterocycles. The van der Waals surface area contributed by atoms with Crippen LogP contribution in [0.15, 0.2) is 42.5 Å². The van der Waals surface area contributed by atoms with Crippen molar-refractivity contribution >= 4 is 23.2 Å². The maximum absolute atomic E-state index is 12.5. The summed E-state index contributed by atoms with van der Waals surface area (Å²) in [5.74, 6) is -0.416. The van der Waals surface area contributed by atoms with Crippen molar-refractivity contribution in [2.24, 2.45) is 5.92 Å². The summed E-state index contributed by atoms with van der Waals surface area (Å²) in [6.07, 6.45) is 0.255. The summed E-state index contributed by atoms with van der Waals surface area (Å²) in [6.45, 7) is 6.51. The zero-order valence-corrected chi connectivity index (χ0v) is 14.3. The van der Waals surface area contributed by atoms with Gasteiger partial charge >= 0.3 is 0 Å². The lowest BCUT2D eigenvalue weighted by atomic mass is 10.1. The Morgan fingerprint density at radius 3 is 2.42 bits per heavy atom. The third-order valence-electron chi connectivity index (χ3n) is 4.62. The molecule has 124 valence electrons. The highest BCUT2D eigenvalue weighted by molar-refractivity contribution is 6.03. The van der Waals surface area contributed by atoms with Gasteiger partial charge in [-0.15, -0.1) is 0 Å². The summed E-state index contributed by atoms with van der Waals surface area (Å²) in [4.78, 5) is 26.5. The molecule has 0 unspecified atom stereocenters. The van der Waals surface area contributed by atoms with Crippen molar-refractivity contribution in [1.82, 2.24) is 0 Å². The molecule has 0 spiro atoms. The van der Waals surface area contributed by atoms with Crippen LogP contribution in [0.25, 0.3) is 0 Å². The Labute approximate surface area is 142 Å². The van der Waals surface area contributed by atoms with E-state index in [1.807, 2.05) is 63.2 Å². The minimum atomic E-state index is -0.319. The van der Waals surface area contributed by atoms with Gasteiger partial charge in [0.05, 0.1) is 5.92 Å². The molecule has 0 saturated carbocycles. The molecule has 2 aromatic carbocycles. The molecule has 4 nitrogen and oxygen atoms in total. The molecule has 1 fully saturated rings. The number of nitrogens with zero attached hydrogens (tertiary/aromatic N) is 1. The molecule has 1 aliphatic heterocycles. The molecule has 0 aromatic heterocycles. The molecule has 1 aliphatic rings. The van der Waals surface area contributed by atoms with E-state index in [0.29, 0.717) is 6.54 Å². The molecule has 24 heavy (non-hydrogen) atoms. The van der Waals surface area contributed by atoms with Gasteiger partial charge in [0.15, 0.2) is 0 Å². The number of hydrogen-bond donors (Lipinski definition) is 1. The Hall–Kier alpha value is -2.62. The van der Waals surface area contributed by atoms with E-state index in [1.165, 1.54) is 5.56 Å². The van der Waals surface area contributed by atoms with E-state index in [0.717, 1.165) is 22.5 Å². The van der Waals surface area contributed by atoms with Crippen LogP contribution in [-0.4, -0.2) is 18.4 Å². The summed E-state index contributed by atoms with van der Waals surface area (Å²) in [5, 5.41) is 2.91. The number of rotatable bonds is 3. The standard InChI is InChI=1S/C20H22N2O2/c1-13-4-7-17(8-5-13)21-20(24)16-11-19(23)22(12-16)18-9-6-14(2)15(3)10-18/h4-10,16H,11-12H2,1-3H3,(H,21,24)/t16-/m0/s1. The number of carbonyl (C=O) groups excluding carboxylic acids is 2. The Morgan fingerprint density at radius 2 is 1.75 bits per heavy atom. The average Bonchev–Trinajstić information content (AvgIpc) is 2.94. The van der Waals surface area contributed by atoms with Crippen LogP contribution >= 0.6 is 0 Å². The molecule has 1 saturated heterocycles. The van der Waals surface area contributed by atoms with Crippen LogP contribution in [0.3, 0.4) is 0 Å². The molecule has 4 heteroatoms. The molecule has 0 aliphatic carbocycles. The highest BCUT2D eigenvalue weighted by atomic mass is 16.2. The maximum atomic E-state index is 12.5. The lowest BCUT2D eigenvalue weighted by Crippen LogP contribution is -2.28. The van der Waals surface area contributed by atoms with Gasteiger partial charge in [-0.2, -0.15) is 0 Å². The molecule has 3 rings (SSSR count). The molecule has 2 amide bonds. The number of anilines is 2. The van der Waals surface area contributed by atoms with Gasteiger partial charge in [-0.1, -0.05) is 23.8 Å². The Kier molecular flexibility index (Phi) is 4.38. The zero-order valence-electron chi connectivity index (χ0n) is 14.3. The number of carbonyl (C=O) groups is 2. The topological polar surface area (TPSA) is 49.4 Å². The van der Waals surface area contributed by atoms with Crippen molar-refractivity contribution in [1.29, 1.82) is 0 Å². The second-order valence-corrected chi connectivity index (χ2v) is 6.53. The van der Waals surface area contributed by atoms with Gasteiger partial charge in [0.2, 0.25) is 11.8 Å². The third-order valence-corrected chi connectivity index (χ3v) is 4.62. The Bertz CT molecular complexity index is 781. The summed E-state index contributed by atoms with van der Waals surface area (Å²) < 4.78 is 0. The van der Waals surface area contributed by atoms with Gasteiger partial charge in [-0.05, 0) is 56.2 Å². The first kappa shape index (κ1) is 16.2. The van der Waals surface area contributed by atoms with Crippen molar-refractivity contribution in [3.05, 3.63) is 59.2 Å². The van der Waals surface area contributed by atoms with Gasteiger partial charge in [0.1, 0.15) is 0 Å². The predicted octanol–water partition coefficient (Wildman–Crippen LogP) is 3.60. The van der Waals surface area contributed by atoms with Crippen molar-refractivity contribution in [2.45, 2.75) is 27.2 Å². The number of benzene rings is 2. The Balaban J connectivity index is 1.70. The molecular formula is C20H22N2O2. The molecule has 2 aromatic rings. The molecule has 1 N–H and O–H groups in total. The molecule has 0 radical (unpaired) electrons. The fourth-order valence-electron chi connectivity index (χ4n) is 2.91. The smallest absolute Gasteiger partial charge is 0.229 e. The van der Waals surface area contributed by atoms with Crippen LogP contribution in [0, 0.1) is 26.7 Å². The highest BCUT2D eigenvalue weighted by Gasteiger charge is 2.35. The number of hydrogen-bond acceptors (Lipinski definition) is 2. The van der Waals surface area contributed by atoms with Crippen LogP contribution < -0.4 is 10.2 Å². The minimum Gasteiger partial charge on any atom is -0.326 e. The SMILES string of the molecule is Cc1ccc(NC(=O)[C@H]2CC(=O)N(c3ccc(C)c(C)c3)C2)cc1. The third kappa shape index (κ3) is 3.32. The number of amides is 2. The van der Waals surface area contributed by atoms with Gasteiger partial charge < -0.3 is 10.2 Å². The van der Waals surface area contributed by atoms with E-state index in [2.05, 4.69) is 5.32 Å².